The molecule has 1 aliphatic rings. The lowest BCUT2D eigenvalue weighted by Crippen LogP contribution is -3.10. The van der Waals surface area contributed by atoms with Crippen LogP contribution in [0.15, 0.2) is 18.2 Å². The number of nitrogens with one attached hydrogen (secondary N) is 2. The molecule has 7 heteroatoms. The minimum atomic E-state index is -0.371. The van der Waals surface area contributed by atoms with Crippen molar-refractivity contribution in [2.75, 3.05) is 25.5 Å². The van der Waals surface area contributed by atoms with Crippen molar-refractivity contribution in [3.05, 3.63) is 45.6 Å². The number of hydrogen-bond donors (Lipinski definition) is 2. The molecule has 29 heavy (non-hydrogen) atoms. The Bertz CT molecular complexity index is 920. The number of thiophene rings is 1. The van der Waals surface area contributed by atoms with E-state index in [0.29, 0.717) is 30.1 Å². The van der Waals surface area contributed by atoms with Crippen LogP contribution in [0.1, 0.15) is 47.8 Å². The normalized spacial score (nSPS) is 14.0. The topological polar surface area (TPSA) is 66.6 Å². The van der Waals surface area contributed by atoms with Gasteiger partial charge in [0.05, 0.1) is 32.2 Å². The number of anilines is 1. The standard InChI is InChI=1S/C22H26FN3O2S/c1-3-26(14-15-8-9-19(28-2)18(23)12-15)11-10-21(27)25-22-17(13-24)16-6-4-5-7-20(16)29-22/h8-9,12H,3-7,10-11,14H2,1-2H3,(H,25,27)/p+1. The summed E-state index contributed by atoms with van der Waals surface area (Å²) < 4.78 is 18.9. The van der Waals surface area contributed by atoms with Crippen molar-refractivity contribution in [3.63, 3.8) is 0 Å². The van der Waals surface area contributed by atoms with Gasteiger partial charge >= 0.3 is 0 Å². The molecule has 5 nitrogen and oxygen atoms in total. The fourth-order valence-electron chi connectivity index (χ4n) is 3.75. The van der Waals surface area contributed by atoms with Crippen molar-refractivity contribution in [2.24, 2.45) is 0 Å². The lowest BCUT2D eigenvalue weighted by Gasteiger charge is -2.18. The predicted molar refractivity (Wildman–Crippen MR) is 112 cm³/mol. The summed E-state index contributed by atoms with van der Waals surface area (Å²) >= 11 is 1.55. The van der Waals surface area contributed by atoms with Crippen molar-refractivity contribution in [1.29, 1.82) is 5.26 Å². The fourth-order valence-corrected chi connectivity index (χ4v) is 5.01. The molecule has 2 aromatic rings. The molecule has 1 amide bonds. The molecule has 1 aromatic carbocycles. The zero-order valence-electron chi connectivity index (χ0n) is 16.9. The van der Waals surface area contributed by atoms with Crippen LogP contribution in [-0.4, -0.2) is 26.1 Å². The first-order valence-electron chi connectivity index (χ1n) is 10.1. The Kier molecular flexibility index (Phi) is 7.24. The summed E-state index contributed by atoms with van der Waals surface area (Å²) in [5.41, 5.74) is 2.64. The summed E-state index contributed by atoms with van der Waals surface area (Å²) in [6, 6.07) is 7.25. The van der Waals surface area contributed by atoms with Gasteiger partial charge in [-0.25, -0.2) is 4.39 Å². The van der Waals surface area contributed by atoms with E-state index >= 15 is 0 Å². The van der Waals surface area contributed by atoms with Gasteiger partial charge in [0.15, 0.2) is 11.6 Å². The summed E-state index contributed by atoms with van der Waals surface area (Å²) in [5.74, 6) is -0.214. The Morgan fingerprint density at radius 1 is 1.38 bits per heavy atom. The largest absolute Gasteiger partial charge is 0.494 e. The first kappa shape index (κ1) is 21.3. The molecule has 0 saturated heterocycles. The van der Waals surface area contributed by atoms with Gasteiger partial charge in [-0.15, -0.1) is 11.3 Å². The lowest BCUT2D eigenvalue weighted by atomic mass is 9.96. The molecule has 0 bridgehead atoms. The first-order chi connectivity index (χ1) is 14.0. The van der Waals surface area contributed by atoms with Gasteiger partial charge < -0.3 is 15.0 Å². The second-order valence-corrected chi connectivity index (χ2v) is 8.43. The predicted octanol–water partition coefficient (Wildman–Crippen LogP) is 3.08. The third-order valence-electron chi connectivity index (χ3n) is 5.41. The lowest BCUT2D eigenvalue weighted by molar-refractivity contribution is -0.911. The highest BCUT2D eigenvalue weighted by atomic mass is 32.1. The van der Waals surface area contributed by atoms with Gasteiger partial charge in [-0.1, -0.05) is 0 Å². The summed E-state index contributed by atoms with van der Waals surface area (Å²) in [7, 11) is 1.45. The maximum atomic E-state index is 13.9. The maximum Gasteiger partial charge on any atom is 0.230 e. The van der Waals surface area contributed by atoms with E-state index in [2.05, 4.69) is 11.4 Å². The monoisotopic (exact) mass is 416 g/mol. The van der Waals surface area contributed by atoms with E-state index in [9.17, 15) is 14.4 Å². The van der Waals surface area contributed by atoms with Gasteiger partial charge in [-0.3, -0.25) is 4.79 Å². The third-order valence-corrected chi connectivity index (χ3v) is 6.62. The maximum absolute atomic E-state index is 13.9. The highest BCUT2D eigenvalue weighted by Gasteiger charge is 2.22. The van der Waals surface area contributed by atoms with Gasteiger partial charge in [-0.05, 0) is 56.4 Å². The van der Waals surface area contributed by atoms with Crippen LogP contribution in [0.5, 0.6) is 5.75 Å². The average molecular weight is 417 g/mol. The summed E-state index contributed by atoms with van der Waals surface area (Å²) in [6.07, 6.45) is 4.53. The number of ether oxygens (including phenoxy) is 1. The number of hydrogen-bond acceptors (Lipinski definition) is 4. The van der Waals surface area contributed by atoms with Crippen LogP contribution in [0.25, 0.3) is 0 Å². The summed E-state index contributed by atoms with van der Waals surface area (Å²) in [6.45, 7) is 4.16. The highest BCUT2D eigenvalue weighted by molar-refractivity contribution is 7.16. The van der Waals surface area contributed by atoms with Crippen molar-refractivity contribution in [3.8, 4) is 11.8 Å². The fraction of sp³-hybridized carbons (Fsp3) is 0.455. The molecule has 1 unspecified atom stereocenters. The molecule has 0 spiro atoms. The molecule has 1 aliphatic carbocycles. The Morgan fingerprint density at radius 2 is 2.17 bits per heavy atom. The van der Waals surface area contributed by atoms with E-state index in [4.69, 9.17) is 4.74 Å². The minimum Gasteiger partial charge on any atom is -0.494 e. The number of nitriles is 1. The molecule has 0 aliphatic heterocycles. The Hall–Kier alpha value is -2.43. The van der Waals surface area contributed by atoms with Crippen molar-refractivity contribution < 1.29 is 18.8 Å². The van der Waals surface area contributed by atoms with Crippen LogP contribution >= 0.6 is 11.3 Å². The number of fused-ring (bicyclic) bond motifs is 1. The molecule has 154 valence electrons. The van der Waals surface area contributed by atoms with E-state index in [-0.39, 0.29) is 17.5 Å². The van der Waals surface area contributed by atoms with Gasteiger partial charge in [-0.2, -0.15) is 5.26 Å². The Balaban J connectivity index is 1.57. The van der Waals surface area contributed by atoms with E-state index < -0.39 is 0 Å². The zero-order chi connectivity index (χ0) is 20.8. The summed E-state index contributed by atoms with van der Waals surface area (Å²) in [5, 5.41) is 13.2. The van der Waals surface area contributed by atoms with Crippen LogP contribution in [0.4, 0.5) is 9.39 Å². The number of halogens is 1. The van der Waals surface area contributed by atoms with Crippen LogP contribution in [-0.2, 0) is 24.2 Å². The number of benzene rings is 1. The molecule has 1 heterocycles. The second-order valence-electron chi connectivity index (χ2n) is 7.32. The smallest absolute Gasteiger partial charge is 0.230 e. The van der Waals surface area contributed by atoms with Crippen molar-refractivity contribution in [1.82, 2.24) is 0 Å². The molecule has 3 rings (SSSR count). The molecular weight excluding hydrogens is 389 g/mol. The van der Waals surface area contributed by atoms with E-state index in [1.807, 2.05) is 13.0 Å². The number of methoxy groups -OCH3 is 1. The van der Waals surface area contributed by atoms with Gasteiger partial charge in [0, 0.05) is 10.4 Å². The van der Waals surface area contributed by atoms with E-state index in [0.717, 1.165) is 43.4 Å². The van der Waals surface area contributed by atoms with Gasteiger partial charge in [0.1, 0.15) is 17.6 Å². The Labute approximate surface area is 175 Å². The number of carbonyl (C=O) groups excluding carboxylic acids is 1. The van der Waals surface area contributed by atoms with Crippen LogP contribution in [0.3, 0.4) is 0 Å². The van der Waals surface area contributed by atoms with E-state index in [1.54, 1.807) is 17.4 Å². The first-order valence-corrected chi connectivity index (χ1v) is 10.9. The van der Waals surface area contributed by atoms with Crippen LogP contribution < -0.4 is 15.0 Å². The minimum absolute atomic E-state index is 0.0769. The quantitative estimate of drug-likeness (QED) is 0.695. The molecule has 0 fully saturated rings. The van der Waals surface area contributed by atoms with Crippen molar-refractivity contribution >= 4 is 22.2 Å². The van der Waals surface area contributed by atoms with Crippen LogP contribution in [0, 0.1) is 17.1 Å². The molecular formula is C22H27FN3O2S+. The number of rotatable bonds is 8. The number of amides is 1. The second kappa shape index (κ2) is 9.86. The summed E-state index contributed by atoms with van der Waals surface area (Å²) in [4.78, 5) is 14.9. The average Bonchev–Trinajstić information content (AvgIpc) is 3.08. The van der Waals surface area contributed by atoms with Gasteiger partial charge in [0.2, 0.25) is 5.91 Å². The SMILES string of the molecule is CC[NH+](CCC(=O)Nc1sc2c(c1C#N)CCCC2)Cc1ccc(OC)c(F)c1. The van der Waals surface area contributed by atoms with Gasteiger partial charge in [0.25, 0.3) is 0 Å². The highest BCUT2D eigenvalue weighted by Crippen LogP contribution is 2.37. The Morgan fingerprint density at radius 3 is 2.86 bits per heavy atom. The molecule has 2 N–H and O–H groups in total. The van der Waals surface area contributed by atoms with Crippen molar-refractivity contribution in [2.45, 2.75) is 45.6 Å². The molecule has 1 aromatic heterocycles. The number of aryl methyl sites for hydroxylation is 1. The molecule has 0 saturated carbocycles. The number of carbonyl (C=O) groups is 1. The number of quaternary nitrogens is 1. The van der Waals surface area contributed by atoms with E-state index in [1.165, 1.54) is 23.0 Å². The zero-order valence-corrected chi connectivity index (χ0v) is 17.8. The molecule has 1 atom stereocenters. The van der Waals surface area contributed by atoms with Crippen LogP contribution in [0.2, 0.25) is 0 Å². The number of nitrogens with zero attached hydrogens (tertiary/aromatic N) is 1. The molecule has 0 radical (unpaired) electrons. The third kappa shape index (κ3) is 5.14.